The predicted molar refractivity (Wildman–Crippen MR) is 85.4 cm³/mol. The van der Waals surface area contributed by atoms with Crippen LogP contribution in [-0.4, -0.2) is 29.4 Å². The zero-order valence-corrected chi connectivity index (χ0v) is 13.5. The van der Waals surface area contributed by atoms with Gasteiger partial charge in [0, 0.05) is 29.5 Å². The number of benzene rings is 1. The monoisotopic (exact) mass is 351 g/mol. The highest BCUT2D eigenvalue weighted by atomic mass is 79.9. The Balaban J connectivity index is 2.31. The van der Waals surface area contributed by atoms with Gasteiger partial charge in [0.15, 0.2) is 0 Å². The molecule has 4 nitrogen and oxygen atoms in total. The van der Waals surface area contributed by atoms with Crippen LogP contribution in [0.4, 0.5) is 0 Å². The average Bonchev–Trinajstić information content (AvgIpc) is 2.86. The van der Waals surface area contributed by atoms with E-state index >= 15 is 0 Å². The fraction of sp³-hybridized carbons (Fsp3) is 0.312. The van der Waals surface area contributed by atoms with Gasteiger partial charge in [0.2, 0.25) is 0 Å². The molecular weight excluding hydrogens is 334 g/mol. The number of hydrogen-bond acceptors (Lipinski definition) is 2. The van der Waals surface area contributed by atoms with Gasteiger partial charge in [-0.25, -0.2) is 0 Å². The number of carboxylic acids is 1. The van der Waals surface area contributed by atoms with Gasteiger partial charge in [-0.15, -0.1) is 0 Å². The second-order valence-corrected chi connectivity index (χ2v) is 5.67. The summed E-state index contributed by atoms with van der Waals surface area (Å²) in [7, 11) is 1.67. The highest BCUT2D eigenvalue weighted by molar-refractivity contribution is 9.10. The molecule has 0 saturated heterocycles. The Hall–Kier alpha value is -1.59. The van der Waals surface area contributed by atoms with Crippen molar-refractivity contribution in [3.63, 3.8) is 0 Å². The van der Waals surface area contributed by atoms with Gasteiger partial charge < -0.3 is 14.4 Å². The van der Waals surface area contributed by atoms with Crippen molar-refractivity contribution < 1.29 is 14.6 Å². The molecule has 21 heavy (non-hydrogen) atoms. The first-order valence-corrected chi connectivity index (χ1v) is 7.56. The zero-order valence-electron chi connectivity index (χ0n) is 11.9. The lowest BCUT2D eigenvalue weighted by Crippen LogP contribution is -2.10. The van der Waals surface area contributed by atoms with Gasteiger partial charge in [-0.3, -0.25) is 4.79 Å². The summed E-state index contributed by atoms with van der Waals surface area (Å²) >= 11 is 3.43. The summed E-state index contributed by atoms with van der Waals surface area (Å²) in [5.41, 5.74) is 3.21. The first kappa shape index (κ1) is 15.8. The highest BCUT2D eigenvalue weighted by Crippen LogP contribution is 2.25. The third kappa shape index (κ3) is 4.19. The summed E-state index contributed by atoms with van der Waals surface area (Å²) in [6.07, 6.45) is 0.659. The summed E-state index contributed by atoms with van der Waals surface area (Å²) in [6, 6.07) is 12.1. The predicted octanol–water partition coefficient (Wildman–Crippen LogP) is 3.58. The minimum Gasteiger partial charge on any atom is -0.481 e. The first-order chi connectivity index (χ1) is 10.1. The minimum atomic E-state index is -0.778. The molecule has 0 saturated carbocycles. The maximum absolute atomic E-state index is 10.8. The standard InChI is InChI=1S/C16H18BrNO3/c1-21-11-10-18-14(7-9-16(19)20)6-8-15(18)12-2-4-13(17)5-3-12/h2-6,8H,7,9-11H2,1H3,(H,19,20). The zero-order chi connectivity index (χ0) is 15.2. The van der Waals surface area contributed by atoms with Gasteiger partial charge in [-0.1, -0.05) is 28.1 Å². The van der Waals surface area contributed by atoms with Crippen molar-refractivity contribution in [2.24, 2.45) is 0 Å². The summed E-state index contributed by atoms with van der Waals surface area (Å²) in [4.78, 5) is 10.8. The third-order valence-electron chi connectivity index (χ3n) is 3.33. The number of ether oxygens (including phenoxy) is 1. The molecule has 1 aromatic heterocycles. The fourth-order valence-electron chi connectivity index (χ4n) is 2.28. The molecule has 5 heteroatoms. The van der Waals surface area contributed by atoms with E-state index in [1.54, 1.807) is 7.11 Å². The van der Waals surface area contributed by atoms with Crippen molar-refractivity contribution in [2.45, 2.75) is 19.4 Å². The van der Waals surface area contributed by atoms with Gasteiger partial charge in [0.1, 0.15) is 0 Å². The van der Waals surface area contributed by atoms with Gasteiger partial charge in [-0.05, 0) is 36.2 Å². The fourth-order valence-corrected chi connectivity index (χ4v) is 2.55. The molecule has 0 bridgehead atoms. The second-order valence-electron chi connectivity index (χ2n) is 4.75. The van der Waals surface area contributed by atoms with E-state index < -0.39 is 5.97 Å². The van der Waals surface area contributed by atoms with Gasteiger partial charge in [0.25, 0.3) is 0 Å². The maximum Gasteiger partial charge on any atom is 0.303 e. The van der Waals surface area contributed by atoms with Crippen LogP contribution in [0.25, 0.3) is 11.3 Å². The minimum absolute atomic E-state index is 0.136. The molecule has 0 spiro atoms. The van der Waals surface area contributed by atoms with Crippen molar-refractivity contribution in [3.8, 4) is 11.3 Å². The quantitative estimate of drug-likeness (QED) is 0.829. The topological polar surface area (TPSA) is 51.5 Å². The van der Waals surface area contributed by atoms with Crippen molar-refractivity contribution >= 4 is 21.9 Å². The van der Waals surface area contributed by atoms with Crippen molar-refractivity contribution in [1.29, 1.82) is 0 Å². The largest absolute Gasteiger partial charge is 0.481 e. The molecule has 0 aliphatic heterocycles. The number of aryl methyl sites for hydroxylation is 1. The molecule has 0 amide bonds. The van der Waals surface area contributed by atoms with E-state index in [0.717, 1.165) is 21.4 Å². The molecule has 1 N–H and O–H groups in total. The van der Waals surface area contributed by atoms with Gasteiger partial charge >= 0.3 is 5.97 Å². The number of nitrogens with zero attached hydrogens (tertiary/aromatic N) is 1. The number of halogens is 1. The Morgan fingerprint density at radius 2 is 1.95 bits per heavy atom. The molecule has 1 aromatic carbocycles. The number of aromatic nitrogens is 1. The Kier molecular flexibility index (Phi) is 5.59. The van der Waals surface area contributed by atoms with Crippen LogP contribution in [0, 0.1) is 0 Å². The average molecular weight is 352 g/mol. The molecule has 0 radical (unpaired) electrons. The van der Waals surface area contributed by atoms with E-state index in [1.807, 2.05) is 36.4 Å². The lowest BCUT2D eigenvalue weighted by atomic mass is 10.1. The highest BCUT2D eigenvalue weighted by Gasteiger charge is 2.11. The summed E-state index contributed by atoms with van der Waals surface area (Å²) < 4.78 is 8.33. The van der Waals surface area contributed by atoms with Gasteiger partial charge in [0.05, 0.1) is 13.0 Å². The Morgan fingerprint density at radius 1 is 1.24 bits per heavy atom. The molecule has 2 rings (SSSR count). The van der Waals surface area contributed by atoms with Crippen molar-refractivity contribution in [2.75, 3.05) is 13.7 Å². The Labute approximate surface area is 132 Å². The summed E-state index contributed by atoms with van der Waals surface area (Å²) in [5.74, 6) is -0.778. The molecule has 0 atom stereocenters. The van der Waals surface area contributed by atoms with Crippen LogP contribution in [0.5, 0.6) is 0 Å². The van der Waals surface area contributed by atoms with E-state index in [0.29, 0.717) is 19.6 Å². The lowest BCUT2D eigenvalue weighted by Gasteiger charge is -2.13. The van der Waals surface area contributed by atoms with E-state index in [4.69, 9.17) is 9.84 Å². The normalized spacial score (nSPS) is 10.8. The van der Waals surface area contributed by atoms with Crippen LogP contribution in [0.2, 0.25) is 0 Å². The van der Waals surface area contributed by atoms with Crippen LogP contribution in [-0.2, 0) is 22.5 Å². The second kappa shape index (κ2) is 7.43. The Morgan fingerprint density at radius 3 is 2.57 bits per heavy atom. The molecule has 0 unspecified atom stereocenters. The smallest absolute Gasteiger partial charge is 0.303 e. The van der Waals surface area contributed by atoms with Crippen LogP contribution in [0.15, 0.2) is 40.9 Å². The van der Waals surface area contributed by atoms with Gasteiger partial charge in [-0.2, -0.15) is 0 Å². The first-order valence-electron chi connectivity index (χ1n) is 6.77. The van der Waals surface area contributed by atoms with Crippen molar-refractivity contribution in [3.05, 3.63) is 46.6 Å². The third-order valence-corrected chi connectivity index (χ3v) is 3.85. The Bertz CT molecular complexity index is 604. The molecule has 0 aliphatic rings. The van der Waals surface area contributed by atoms with E-state index in [9.17, 15) is 4.79 Å². The summed E-state index contributed by atoms with van der Waals surface area (Å²) in [5, 5.41) is 8.86. The maximum atomic E-state index is 10.8. The van der Waals surface area contributed by atoms with E-state index in [-0.39, 0.29) is 6.42 Å². The lowest BCUT2D eigenvalue weighted by molar-refractivity contribution is -0.136. The van der Waals surface area contributed by atoms with Crippen LogP contribution in [0.1, 0.15) is 12.1 Å². The molecule has 112 valence electrons. The molecule has 0 fully saturated rings. The van der Waals surface area contributed by atoms with Crippen LogP contribution in [0.3, 0.4) is 0 Å². The van der Waals surface area contributed by atoms with E-state index in [2.05, 4.69) is 20.5 Å². The molecule has 2 aromatic rings. The number of carbonyl (C=O) groups is 1. The number of carboxylic acid groups (broad SMARTS) is 1. The number of methoxy groups -OCH3 is 1. The number of hydrogen-bond donors (Lipinski definition) is 1. The van der Waals surface area contributed by atoms with Crippen LogP contribution >= 0.6 is 15.9 Å². The SMILES string of the molecule is COCCn1c(CCC(=O)O)ccc1-c1ccc(Br)cc1. The number of aliphatic carboxylic acids is 1. The molecule has 0 aliphatic carbocycles. The molecule has 1 heterocycles. The van der Waals surface area contributed by atoms with E-state index in [1.165, 1.54) is 0 Å². The van der Waals surface area contributed by atoms with Crippen LogP contribution < -0.4 is 0 Å². The van der Waals surface area contributed by atoms with Crippen molar-refractivity contribution in [1.82, 2.24) is 4.57 Å². The summed E-state index contributed by atoms with van der Waals surface area (Å²) in [6.45, 7) is 1.31. The molecular formula is C16H18BrNO3. The number of rotatable bonds is 7.